The van der Waals surface area contributed by atoms with Crippen LogP contribution < -0.4 is 14.8 Å². The van der Waals surface area contributed by atoms with E-state index in [1.54, 1.807) is 22.7 Å². The van der Waals surface area contributed by atoms with E-state index >= 15 is 0 Å². The van der Waals surface area contributed by atoms with E-state index in [0.717, 1.165) is 45.5 Å². The van der Waals surface area contributed by atoms with Crippen LogP contribution in [-0.4, -0.2) is 37.4 Å². The van der Waals surface area contributed by atoms with Crippen molar-refractivity contribution in [3.8, 4) is 21.4 Å². The molecule has 156 valence electrons. The largest absolute Gasteiger partial charge is 0.454 e. The van der Waals surface area contributed by atoms with Crippen molar-refractivity contribution in [2.75, 3.05) is 26.6 Å². The Morgan fingerprint density at radius 3 is 2.83 bits per heavy atom. The third-order valence-electron chi connectivity index (χ3n) is 5.68. The Morgan fingerprint density at radius 1 is 1.13 bits per heavy atom. The van der Waals surface area contributed by atoms with Crippen molar-refractivity contribution in [2.45, 2.75) is 24.7 Å². The highest BCUT2D eigenvalue weighted by atomic mass is 32.1. The summed E-state index contributed by atoms with van der Waals surface area (Å²) in [5.74, 6) is 1.54. The lowest BCUT2D eigenvalue weighted by Crippen LogP contribution is -2.45. The number of hydrogen-bond acceptors (Lipinski definition) is 7. The molecule has 0 atom stereocenters. The first-order valence-corrected chi connectivity index (χ1v) is 11.7. The van der Waals surface area contributed by atoms with Gasteiger partial charge in [-0.05, 0) is 42.0 Å². The molecule has 3 aromatic rings. The Morgan fingerprint density at radius 2 is 2.00 bits per heavy atom. The molecule has 1 amide bonds. The van der Waals surface area contributed by atoms with E-state index < -0.39 is 0 Å². The van der Waals surface area contributed by atoms with Gasteiger partial charge in [0.15, 0.2) is 11.5 Å². The molecule has 1 N–H and O–H groups in total. The van der Waals surface area contributed by atoms with E-state index in [2.05, 4.69) is 16.4 Å². The molecule has 1 aromatic carbocycles. The summed E-state index contributed by atoms with van der Waals surface area (Å²) in [6.07, 6.45) is 1.99. The minimum absolute atomic E-state index is 0.00959. The standard InChI is InChI=1S/C22H22N2O4S2/c25-20(11-16-12-30-21(24-16)19-2-1-9-29-19)23-13-22(5-7-26-8-6-22)15-3-4-17-18(10-15)28-14-27-17/h1-4,9-10,12H,5-8,11,13-14H2,(H,23,25). The SMILES string of the molecule is O=C(Cc1csc(-c2cccs2)n1)NCC1(c2ccc3c(c2)OCO3)CCOCC1. The maximum atomic E-state index is 12.7. The monoisotopic (exact) mass is 442 g/mol. The second-order valence-corrected chi connectivity index (χ2v) is 9.34. The third kappa shape index (κ3) is 3.95. The lowest BCUT2D eigenvalue weighted by atomic mass is 9.74. The fourth-order valence-electron chi connectivity index (χ4n) is 3.95. The van der Waals surface area contributed by atoms with Gasteiger partial charge in [-0.1, -0.05) is 12.1 Å². The normalized spacial score (nSPS) is 17.1. The molecule has 0 spiro atoms. The molecule has 0 aliphatic carbocycles. The lowest BCUT2D eigenvalue weighted by Gasteiger charge is -2.38. The van der Waals surface area contributed by atoms with Crippen LogP contribution in [0.15, 0.2) is 41.1 Å². The zero-order valence-electron chi connectivity index (χ0n) is 16.4. The number of nitrogens with one attached hydrogen (secondary N) is 1. The predicted molar refractivity (Wildman–Crippen MR) is 116 cm³/mol. The van der Waals surface area contributed by atoms with Crippen LogP contribution >= 0.6 is 22.7 Å². The highest BCUT2D eigenvalue weighted by Crippen LogP contribution is 2.40. The first kappa shape index (κ1) is 19.5. The van der Waals surface area contributed by atoms with Crippen LogP contribution in [0.25, 0.3) is 9.88 Å². The molecule has 5 rings (SSSR count). The number of benzene rings is 1. The number of hydrogen-bond donors (Lipinski definition) is 1. The van der Waals surface area contributed by atoms with Crippen molar-refractivity contribution in [1.82, 2.24) is 10.3 Å². The number of thiophene rings is 1. The number of nitrogens with zero attached hydrogens (tertiary/aromatic N) is 1. The van der Waals surface area contributed by atoms with E-state index in [0.29, 0.717) is 19.8 Å². The number of rotatable bonds is 6. The Hall–Kier alpha value is -2.42. The molecule has 8 heteroatoms. The molecule has 2 aliphatic rings. The van der Waals surface area contributed by atoms with Gasteiger partial charge >= 0.3 is 0 Å². The van der Waals surface area contributed by atoms with Gasteiger partial charge in [-0.15, -0.1) is 22.7 Å². The minimum Gasteiger partial charge on any atom is -0.454 e. The van der Waals surface area contributed by atoms with Crippen LogP contribution in [0.3, 0.4) is 0 Å². The second-order valence-electron chi connectivity index (χ2n) is 7.54. The summed E-state index contributed by atoms with van der Waals surface area (Å²) < 4.78 is 16.6. The van der Waals surface area contributed by atoms with Crippen LogP contribution in [0.4, 0.5) is 0 Å². The first-order valence-electron chi connectivity index (χ1n) is 9.95. The molecule has 0 unspecified atom stereocenters. The van der Waals surface area contributed by atoms with Gasteiger partial charge in [-0.25, -0.2) is 4.98 Å². The fourth-order valence-corrected chi connectivity index (χ4v) is 5.59. The lowest BCUT2D eigenvalue weighted by molar-refractivity contribution is -0.121. The molecule has 4 heterocycles. The van der Waals surface area contributed by atoms with Crippen molar-refractivity contribution in [3.63, 3.8) is 0 Å². The van der Waals surface area contributed by atoms with Crippen molar-refractivity contribution >= 4 is 28.6 Å². The Balaban J connectivity index is 1.27. The zero-order valence-corrected chi connectivity index (χ0v) is 18.0. The predicted octanol–water partition coefficient (Wildman–Crippen LogP) is 4.01. The molecule has 1 fully saturated rings. The zero-order chi connectivity index (χ0) is 20.4. The summed E-state index contributed by atoms with van der Waals surface area (Å²) in [5, 5.41) is 8.12. The van der Waals surface area contributed by atoms with Gasteiger partial charge in [0.2, 0.25) is 12.7 Å². The average molecular weight is 443 g/mol. The molecule has 2 aliphatic heterocycles. The number of ether oxygens (including phenoxy) is 3. The first-order chi connectivity index (χ1) is 14.7. The quantitative estimate of drug-likeness (QED) is 0.625. The van der Waals surface area contributed by atoms with Gasteiger partial charge in [0.05, 0.1) is 17.0 Å². The number of aromatic nitrogens is 1. The van der Waals surface area contributed by atoms with Crippen molar-refractivity contribution in [3.05, 3.63) is 52.3 Å². The molecule has 0 bridgehead atoms. The summed E-state index contributed by atoms with van der Waals surface area (Å²) in [7, 11) is 0. The second kappa shape index (κ2) is 8.37. The van der Waals surface area contributed by atoms with Gasteiger partial charge in [0, 0.05) is 30.6 Å². The van der Waals surface area contributed by atoms with Crippen LogP contribution in [0.1, 0.15) is 24.1 Å². The van der Waals surface area contributed by atoms with Gasteiger partial charge in [0.1, 0.15) is 5.01 Å². The van der Waals surface area contributed by atoms with Crippen molar-refractivity contribution < 1.29 is 19.0 Å². The van der Waals surface area contributed by atoms with Gasteiger partial charge in [-0.3, -0.25) is 4.79 Å². The Kier molecular flexibility index (Phi) is 5.45. The topological polar surface area (TPSA) is 69.7 Å². The van der Waals surface area contributed by atoms with Gasteiger partial charge in [0.25, 0.3) is 0 Å². The maximum absolute atomic E-state index is 12.7. The van der Waals surface area contributed by atoms with Crippen LogP contribution in [0.5, 0.6) is 11.5 Å². The smallest absolute Gasteiger partial charge is 0.231 e. The molecule has 2 aromatic heterocycles. The summed E-state index contributed by atoms with van der Waals surface area (Å²) in [6, 6.07) is 10.1. The summed E-state index contributed by atoms with van der Waals surface area (Å²) in [6.45, 7) is 2.19. The Labute approximate surface area is 182 Å². The van der Waals surface area contributed by atoms with Crippen molar-refractivity contribution in [2.24, 2.45) is 0 Å². The Bertz CT molecular complexity index is 1030. The van der Waals surface area contributed by atoms with E-state index in [9.17, 15) is 4.79 Å². The minimum atomic E-state index is -0.168. The number of carbonyl (C=O) groups is 1. The highest BCUT2D eigenvalue weighted by molar-refractivity contribution is 7.20. The average Bonchev–Trinajstić information content (AvgIpc) is 3.53. The summed E-state index contributed by atoms with van der Waals surface area (Å²) >= 11 is 3.24. The fraction of sp³-hybridized carbons (Fsp3) is 0.364. The number of amides is 1. The summed E-state index contributed by atoms with van der Waals surface area (Å²) in [5.41, 5.74) is 1.80. The number of fused-ring (bicyclic) bond motifs is 1. The molecular formula is C22H22N2O4S2. The van der Waals surface area contributed by atoms with Crippen LogP contribution in [0, 0.1) is 0 Å². The number of carbonyl (C=O) groups excluding carboxylic acids is 1. The van der Waals surface area contributed by atoms with Crippen LogP contribution in [0.2, 0.25) is 0 Å². The molecule has 30 heavy (non-hydrogen) atoms. The van der Waals surface area contributed by atoms with Crippen molar-refractivity contribution in [1.29, 1.82) is 0 Å². The van der Waals surface area contributed by atoms with Gasteiger partial charge < -0.3 is 19.5 Å². The third-order valence-corrected chi connectivity index (χ3v) is 7.61. The van der Waals surface area contributed by atoms with E-state index in [-0.39, 0.29) is 24.5 Å². The van der Waals surface area contributed by atoms with E-state index in [1.165, 1.54) is 0 Å². The van der Waals surface area contributed by atoms with E-state index in [1.807, 2.05) is 35.0 Å². The molecule has 1 saturated heterocycles. The molecule has 6 nitrogen and oxygen atoms in total. The highest BCUT2D eigenvalue weighted by Gasteiger charge is 2.36. The summed E-state index contributed by atoms with van der Waals surface area (Å²) in [4.78, 5) is 18.4. The molecular weight excluding hydrogens is 420 g/mol. The van der Waals surface area contributed by atoms with E-state index in [4.69, 9.17) is 14.2 Å². The molecule has 0 saturated carbocycles. The maximum Gasteiger partial charge on any atom is 0.231 e. The van der Waals surface area contributed by atoms with Crippen LogP contribution in [-0.2, 0) is 21.4 Å². The molecule has 0 radical (unpaired) electrons. The van der Waals surface area contributed by atoms with Gasteiger partial charge in [-0.2, -0.15) is 0 Å². The number of thiazole rings is 1.